The van der Waals surface area contributed by atoms with E-state index in [4.69, 9.17) is 0 Å². The Bertz CT molecular complexity index is 323. The van der Waals surface area contributed by atoms with Crippen molar-refractivity contribution in [3.05, 3.63) is 29.6 Å². The Morgan fingerprint density at radius 3 is 2.77 bits per heavy atom. The van der Waals surface area contributed by atoms with Crippen molar-refractivity contribution in [3.63, 3.8) is 0 Å². The summed E-state index contributed by atoms with van der Waals surface area (Å²) in [5.74, 6) is -0.513. The minimum Gasteiger partial charge on any atom is -0.326 e. The number of carbonyl (C=O) groups excluding carboxylic acids is 1. The van der Waals surface area contributed by atoms with Crippen LogP contribution in [0.5, 0.6) is 0 Å². The van der Waals surface area contributed by atoms with E-state index in [1.54, 1.807) is 6.07 Å². The van der Waals surface area contributed by atoms with Gasteiger partial charge in [-0.25, -0.2) is 4.39 Å². The van der Waals surface area contributed by atoms with Gasteiger partial charge in [0.25, 0.3) is 0 Å². The van der Waals surface area contributed by atoms with E-state index in [1.165, 1.54) is 19.1 Å². The van der Waals surface area contributed by atoms with Crippen LogP contribution in [0.25, 0.3) is 0 Å². The van der Waals surface area contributed by atoms with E-state index < -0.39 is 0 Å². The van der Waals surface area contributed by atoms with Crippen molar-refractivity contribution in [1.82, 2.24) is 0 Å². The van der Waals surface area contributed by atoms with Crippen molar-refractivity contribution in [1.29, 1.82) is 0 Å². The lowest BCUT2D eigenvalue weighted by molar-refractivity contribution is -0.114. The van der Waals surface area contributed by atoms with Crippen LogP contribution in [0.3, 0.4) is 0 Å². The summed E-state index contributed by atoms with van der Waals surface area (Å²) in [7, 11) is 0. The molecule has 0 radical (unpaired) electrons. The summed E-state index contributed by atoms with van der Waals surface area (Å²) in [5, 5.41) is 2.59. The maximum atomic E-state index is 12.8. The molecule has 0 unspecified atom stereocenters. The Labute approximate surface area is 76.8 Å². The first-order valence-electron chi connectivity index (χ1n) is 4.19. The molecule has 0 atom stereocenters. The normalized spacial score (nSPS) is 9.77. The quantitative estimate of drug-likeness (QED) is 0.745. The third-order valence-corrected chi connectivity index (χ3v) is 1.76. The first-order valence-corrected chi connectivity index (χ1v) is 4.19. The molecule has 1 aromatic carbocycles. The van der Waals surface area contributed by atoms with Gasteiger partial charge in [0.15, 0.2) is 0 Å². The molecule has 0 fully saturated rings. The van der Waals surface area contributed by atoms with Crippen LogP contribution in [0.4, 0.5) is 10.1 Å². The molecule has 1 amide bonds. The number of hydrogen-bond donors (Lipinski definition) is 1. The van der Waals surface area contributed by atoms with Gasteiger partial charge in [0.05, 0.1) is 0 Å². The highest BCUT2D eigenvalue weighted by Gasteiger charge is 2.03. The second kappa shape index (κ2) is 4.03. The van der Waals surface area contributed by atoms with Gasteiger partial charge in [-0.15, -0.1) is 0 Å². The number of anilines is 1. The summed E-state index contributed by atoms with van der Waals surface area (Å²) in [6, 6.07) is 4.41. The molecule has 0 saturated heterocycles. The highest BCUT2D eigenvalue weighted by atomic mass is 19.1. The van der Waals surface area contributed by atoms with E-state index in [1.807, 2.05) is 6.92 Å². The van der Waals surface area contributed by atoms with E-state index in [-0.39, 0.29) is 11.7 Å². The number of halogens is 1. The Hall–Kier alpha value is -1.38. The smallest absolute Gasteiger partial charge is 0.221 e. The molecule has 0 heterocycles. The Morgan fingerprint density at radius 1 is 1.54 bits per heavy atom. The Morgan fingerprint density at radius 2 is 2.23 bits per heavy atom. The zero-order valence-corrected chi connectivity index (χ0v) is 7.73. The van der Waals surface area contributed by atoms with E-state index in [0.29, 0.717) is 5.69 Å². The second-order valence-corrected chi connectivity index (χ2v) is 2.84. The zero-order valence-electron chi connectivity index (χ0n) is 7.73. The van der Waals surface area contributed by atoms with E-state index in [9.17, 15) is 9.18 Å². The number of nitrogens with one attached hydrogen (secondary N) is 1. The van der Waals surface area contributed by atoms with Crippen LogP contribution in [-0.4, -0.2) is 5.91 Å². The Kier molecular flexibility index (Phi) is 3.01. The first-order chi connectivity index (χ1) is 6.13. The topological polar surface area (TPSA) is 29.1 Å². The van der Waals surface area contributed by atoms with Gasteiger partial charge in [0, 0.05) is 12.6 Å². The van der Waals surface area contributed by atoms with Crippen molar-refractivity contribution in [2.45, 2.75) is 20.3 Å². The number of amides is 1. The van der Waals surface area contributed by atoms with Crippen molar-refractivity contribution in [2.75, 3.05) is 5.32 Å². The first kappa shape index (κ1) is 9.71. The third-order valence-electron chi connectivity index (χ3n) is 1.76. The summed E-state index contributed by atoms with van der Waals surface area (Å²) < 4.78 is 12.8. The number of rotatable bonds is 2. The van der Waals surface area contributed by atoms with Gasteiger partial charge >= 0.3 is 0 Å². The molecule has 0 aromatic heterocycles. The van der Waals surface area contributed by atoms with Crippen LogP contribution < -0.4 is 5.32 Å². The van der Waals surface area contributed by atoms with Crippen molar-refractivity contribution < 1.29 is 9.18 Å². The van der Waals surface area contributed by atoms with Gasteiger partial charge < -0.3 is 5.32 Å². The number of aryl methyl sites for hydroxylation is 1. The van der Waals surface area contributed by atoms with E-state index in [0.717, 1.165) is 12.0 Å². The summed E-state index contributed by atoms with van der Waals surface area (Å²) >= 11 is 0. The highest BCUT2D eigenvalue weighted by molar-refractivity contribution is 5.89. The van der Waals surface area contributed by atoms with Crippen LogP contribution in [0.15, 0.2) is 18.2 Å². The number of benzene rings is 1. The highest BCUT2D eigenvalue weighted by Crippen LogP contribution is 2.17. The fourth-order valence-electron chi connectivity index (χ4n) is 1.16. The molecular weight excluding hydrogens is 169 g/mol. The predicted octanol–water partition coefficient (Wildman–Crippen LogP) is 2.35. The van der Waals surface area contributed by atoms with Gasteiger partial charge in [0.2, 0.25) is 5.91 Å². The van der Waals surface area contributed by atoms with Gasteiger partial charge in [-0.2, -0.15) is 0 Å². The molecule has 0 saturated carbocycles. The maximum absolute atomic E-state index is 12.8. The average molecular weight is 181 g/mol. The SMILES string of the molecule is CCc1ccc(F)cc1NC(C)=O. The molecule has 0 bridgehead atoms. The monoisotopic (exact) mass is 181 g/mol. The third kappa shape index (κ3) is 2.54. The van der Waals surface area contributed by atoms with Crippen LogP contribution in [0.2, 0.25) is 0 Å². The van der Waals surface area contributed by atoms with E-state index >= 15 is 0 Å². The van der Waals surface area contributed by atoms with Gasteiger partial charge in [0.1, 0.15) is 5.82 Å². The van der Waals surface area contributed by atoms with Crippen LogP contribution in [-0.2, 0) is 11.2 Å². The van der Waals surface area contributed by atoms with Crippen LogP contribution >= 0.6 is 0 Å². The number of carbonyl (C=O) groups is 1. The van der Waals surface area contributed by atoms with Gasteiger partial charge in [-0.1, -0.05) is 13.0 Å². The summed E-state index contributed by atoms with van der Waals surface area (Å²) in [4.78, 5) is 10.8. The lowest BCUT2D eigenvalue weighted by atomic mass is 10.1. The molecule has 2 nitrogen and oxygen atoms in total. The van der Waals surface area contributed by atoms with Gasteiger partial charge in [-0.3, -0.25) is 4.79 Å². The summed E-state index contributed by atoms with van der Waals surface area (Å²) in [5.41, 5.74) is 1.51. The maximum Gasteiger partial charge on any atom is 0.221 e. The lowest BCUT2D eigenvalue weighted by Gasteiger charge is -2.07. The zero-order chi connectivity index (χ0) is 9.84. The molecular formula is C10H12FNO. The summed E-state index contributed by atoms with van der Waals surface area (Å²) in [6.45, 7) is 3.36. The summed E-state index contributed by atoms with van der Waals surface area (Å²) in [6.07, 6.45) is 0.774. The molecule has 0 aliphatic heterocycles. The molecule has 13 heavy (non-hydrogen) atoms. The molecule has 1 rings (SSSR count). The molecule has 0 spiro atoms. The van der Waals surface area contributed by atoms with Crippen molar-refractivity contribution in [3.8, 4) is 0 Å². The minimum atomic E-state index is -0.332. The lowest BCUT2D eigenvalue weighted by Crippen LogP contribution is -2.08. The number of hydrogen-bond acceptors (Lipinski definition) is 1. The minimum absolute atomic E-state index is 0.180. The molecule has 1 aromatic rings. The van der Waals surface area contributed by atoms with Gasteiger partial charge in [-0.05, 0) is 24.1 Å². The largest absolute Gasteiger partial charge is 0.326 e. The van der Waals surface area contributed by atoms with Crippen molar-refractivity contribution in [2.24, 2.45) is 0 Å². The standard InChI is InChI=1S/C10H12FNO/c1-3-8-4-5-9(11)6-10(8)12-7(2)13/h4-6H,3H2,1-2H3,(H,12,13). The molecule has 0 aliphatic carbocycles. The Balaban J connectivity index is 3.01. The molecule has 0 aliphatic rings. The van der Waals surface area contributed by atoms with Crippen molar-refractivity contribution >= 4 is 11.6 Å². The second-order valence-electron chi connectivity index (χ2n) is 2.84. The van der Waals surface area contributed by atoms with Crippen LogP contribution in [0.1, 0.15) is 19.4 Å². The molecule has 1 N–H and O–H groups in total. The fraction of sp³-hybridized carbons (Fsp3) is 0.300. The van der Waals surface area contributed by atoms with E-state index in [2.05, 4.69) is 5.32 Å². The predicted molar refractivity (Wildman–Crippen MR) is 50.1 cm³/mol. The average Bonchev–Trinajstić information content (AvgIpc) is 2.03. The van der Waals surface area contributed by atoms with Crippen LogP contribution in [0, 0.1) is 5.82 Å². The molecule has 70 valence electrons. The fourth-order valence-corrected chi connectivity index (χ4v) is 1.16. The molecule has 3 heteroatoms.